The Hall–Kier alpha value is -1.05. The van der Waals surface area contributed by atoms with Gasteiger partial charge < -0.3 is 4.74 Å². The molecule has 0 N–H and O–H groups in total. The fourth-order valence-corrected chi connectivity index (χ4v) is 4.33. The fraction of sp³-hybridized carbons (Fsp3) is 0.688. The van der Waals surface area contributed by atoms with Crippen molar-refractivity contribution in [3.63, 3.8) is 0 Å². The zero-order valence-electron chi connectivity index (χ0n) is 11.2. The molecule has 0 radical (unpaired) electrons. The van der Waals surface area contributed by atoms with Crippen LogP contribution in [0.3, 0.4) is 0 Å². The monoisotopic (exact) mass is 246 g/mol. The summed E-state index contributed by atoms with van der Waals surface area (Å²) in [5, 5.41) is 0. The van der Waals surface area contributed by atoms with Gasteiger partial charge in [-0.3, -0.25) is 0 Å². The topological polar surface area (TPSA) is 26.3 Å². The molecule has 2 fully saturated rings. The van der Waals surface area contributed by atoms with Gasteiger partial charge in [0, 0.05) is 6.08 Å². The van der Waals surface area contributed by atoms with Crippen LogP contribution in [0, 0.1) is 23.2 Å². The summed E-state index contributed by atoms with van der Waals surface area (Å²) >= 11 is 0. The molecule has 0 aromatic heterocycles. The van der Waals surface area contributed by atoms with Gasteiger partial charge in [0.25, 0.3) is 0 Å². The third kappa shape index (κ3) is 2.02. The number of hydrogen-bond donors (Lipinski definition) is 0. The zero-order valence-corrected chi connectivity index (χ0v) is 11.2. The molecule has 2 saturated carbocycles. The van der Waals surface area contributed by atoms with Crippen molar-refractivity contribution in [2.24, 2.45) is 23.2 Å². The predicted molar refractivity (Wildman–Crippen MR) is 70.9 cm³/mol. The Morgan fingerprint density at radius 1 is 1.61 bits per heavy atom. The van der Waals surface area contributed by atoms with E-state index in [4.69, 9.17) is 4.74 Å². The molecule has 2 nitrogen and oxygen atoms in total. The predicted octanol–water partition coefficient (Wildman–Crippen LogP) is 3.49. The Morgan fingerprint density at radius 2 is 2.44 bits per heavy atom. The van der Waals surface area contributed by atoms with Crippen molar-refractivity contribution in [3.8, 4) is 0 Å². The average Bonchev–Trinajstić information content (AvgIpc) is 2.56. The first-order valence-corrected chi connectivity index (χ1v) is 7.10. The Bertz CT molecular complexity index is 409. The number of carbonyl (C=O) groups is 1. The number of esters is 1. The first kappa shape index (κ1) is 12.0. The highest BCUT2D eigenvalue weighted by Gasteiger charge is 2.48. The largest absolute Gasteiger partial charge is 0.463 e. The van der Waals surface area contributed by atoms with Gasteiger partial charge in [-0.1, -0.05) is 25.2 Å². The van der Waals surface area contributed by atoms with Gasteiger partial charge in [-0.15, -0.1) is 0 Å². The van der Waals surface area contributed by atoms with E-state index in [0.717, 1.165) is 24.2 Å². The lowest BCUT2D eigenvalue weighted by Crippen LogP contribution is -2.28. The normalized spacial score (nSPS) is 40.5. The van der Waals surface area contributed by atoms with Crippen LogP contribution in [0.4, 0.5) is 0 Å². The number of carbonyl (C=O) groups excluding carboxylic acids is 1. The van der Waals surface area contributed by atoms with Gasteiger partial charge in [-0.05, 0) is 55.3 Å². The van der Waals surface area contributed by atoms with E-state index in [9.17, 15) is 4.79 Å². The first-order chi connectivity index (χ1) is 8.59. The van der Waals surface area contributed by atoms with E-state index in [2.05, 4.69) is 19.6 Å². The van der Waals surface area contributed by atoms with Gasteiger partial charge in [-0.25, -0.2) is 4.79 Å². The molecule has 98 valence electrons. The van der Waals surface area contributed by atoms with E-state index in [1.54, 1.807) is 5.57 Å². The summed E-state index contributed by atoms with van der Waals surface area (Å²) in [5.41, 5.74) is 1.93. The van der Waals surface area contributed by atoms with Gasteiger partial charge in [0.05, 0.1) is 6.61 Å². The van der Waals surface area contributed by atoms with Crippen LogP contribution in [-0.4, -0.2) is 12.6 Å². The van der Waals surface area contributed by atoms with Crippen LogP contribution in [0.25, 0.3) is 0 Å². The van der Waals surface area contributed by atoms with Crippen molar-refractivity contribution < 1.29 is 9.53 Å². The summed E-state index contributed by atoms with van der Waals surface area (Å²) in [5.74, 6) is 2.51. The van der Waals surface area contributed by atoms with Crippen LogP contribution in [0.5, 0.6) is 0 Å². The molecule has 4 atom stereocenters. The third-order valence-corrected chi connectivity index (χ3v) is 5.14. The Morgan fingerprint density at radius 3 is 3.22 bits per heavy atom. The number of hydrogen-bond acceptors (Lipinski definition) is 2. The summed E-state index contributed by atoms with van der Waals surface area (Å²) in [7, 11) is 0. The molecule has 18 heavy (non-hydrogen) atoms. The summed E-state index contributed by atoms with van der Waals surface area (Å²) < 4.78 is 5.14. The van der Waals surface area contributed by atoms with E-state index in [0.29, 0.717) is 6.61 Å². The maximum absolute atomic E-state index is 11.1. The third-order valence-electron chi connectivity index (χ3n) is 5.14. The molecule has 3 unspecified atom stereocenters. The van der Waals surface area contributed by atoms with Crippen LogP contribution >= 0.6 is 0 Å². The second-order valence-corrected chi connectivity index (χ2v) is 6.61. The van der Waals surface area contributed by atoms with Crippen molar-refractivity contribution in [1.82, 2.24) is 0 Å². The highest BCUT2D eigenvalue weighted by molar-refractivity contribution is 5.81. The molecule has 2 bridgehead atoms. The van der Waals surface area contributed by atoms with Crippen LogP contribution in [0.15, 0.2) is 24.3 Å². The molecule has 3 aliphatic carbocycles. The number of rotatable bonds is 4. The highest BCUT2D eigenvalue weighted by Crippen LogP contribution is 2.59. The molecular formula is C16H22O2. The molecule has 2 heteroatoms. The van der Waals surface area contributed by atoms with Crippen molar-refractivity contribution in [2.45, 2.75) is 39.0 Å². The summed E-state index contributed by atoms with van der Waals surface area (Å²) in [4.78, 5) is 11.1. The Balaban J connectivity index is 1.63. The fourth-order valence-electron chi connectivity index (χ4n) is 4.33. The molecule has 0 aromatic rings. The number of allylic oxidation sites excluding steroid dienone is 2. The summed E-state index contributed by atoms with van der Waals surface area (Å²) in [6.45, 7) is 6.27. The van der Waals surface area contributed by atoms with Gasteiger partial charge in [0.1, 0.15) is 0 Å². The van der Waals surface area contributed by atoms with E-state index in [1.165, 1.54) is 31.8 Å². The average molecular weight is 246 g/mol. The maximum Gasteiger partial charge on any atom is 0.330 e. The van der Waals surface area contributed by atoms with Crippen LogP contribution in [0.1, 0.15) is 39.0 Å². The Labute approximate surface area is 109 Å². The molecule has 0 saturated heterocycles. The maximum atomic E-state index is 11.1. The van der Waals surface area contributed by atoms with Crippen molar-refractivity contribution in [2.75, 3.05) is 6.61 Å². The molecule has 3 aliphatic rings. The standard InChI is InChI=1S/C16H22O2/c1-3-15(17)18-5-4-16(2)9-11-6-12-8-13(10-16)14(12)7-11/h3,10-12,14H,1,4-9H2,2H3/t11?,12-,14?,16?/m1/s1. The van der Waals surface area contributed by atoms with Crippen LogP contribution in [-0.2, 0) is 9.53 Å². The van der Waals surface area contributed by atoms with Crippen molar-refractivity contribution >= 4 is 5.97 Å². The Kier molecular flexibility index (Phi) is 2.84. The second kappa shape index (κ2) is 4.25. The van der Waals surface area contributed by atoms with Crippen LogP contribution < -0.4 is 0 Å². The van der Waals surface area contributed by atoms with Gasteiger partial charge >= 0.3 is 5.97 Å². The molecule has 0 amide bonds. The van der Waals surface area contributed by atoms with Crippen LogP contribution in [0.2, 0.25) is 0 Å². The van der Waals surface area contributed by atoms with Gasteiger partial charge in [0.15, 0.2) is 0 Å². The first-order valence-electron chi connectivity index (χ1n) is 7.10. The SMILES string of the molecule is C=CC(=O)OCCC1(C)C=C2C[C@H]3CC(CC23)C1. The minimum atomic E-state index is -0.301. The minimum absolute atomic E-state index is 0.238. The number of ether oxygens (including phenoxy) is 1. The van der Waals surface area contributed by atoms with E-state index >= 15 is 0 Å². The molecular weight excluding hydrogens is 224 g/mol. The molecule has 0 spiro atoms. The zero-order chi connectivity index (χ0) is 12.8. The summed E-state index contributed by atoms with van der Waals surface area (Å²) in [6.07, 6.45) is 10.2. The minimum Gasteiger partial charge on any atom is -0.463 e. The lowest BCUT2D eigenvalue weighted by atomic mass is 9.67. The van der Waals surface area contributed by atoms with Crippen molar-refractivity contribution in [3.05, 3.63) is 24.3 Å². The highest BCUT2D eigenvalue weighted by atomic mass is 16.5. The van der Waals surface area contributed by atoms with Gasteiger partial charge in [0.2, 0.25) is 0 Å². The van der Waals surface area contributed by atoms with Crippen molar-refractivity contribution in [1.29, 1.82) is 0 Å². The lowest BCUT2D eigenvalue weighted by Gasteiger charge is -2.38. The molecule has 0 aromatic carbocycles. The molecule has 3 rings (SSSR count). The lowest BCUT2D eigenvalue weighted by molar-refractivity contribution is -0.138. The molecule has 0 aliphatic heterocycles. The van der Waals surface area contributed by atoms with Gasteiger partial charge in [-0.2, -0.15) is 0 Å². The number of fused-ring (bicyclic) bond motifs is 1. The van der Waals surface area contributed by atoms with E-state index < -0.39 is 0 Å². The smallest absolute Gasteiger partial charge is 0.330 e. The van der Waals surface area contributed by atoms with E-state index in [1.807, 2.05) is 0 Å². The molecule has 0 heterocycles. The van der Waals surface area contributed by atoms with E-state index in [-0.39, 0.29) is 11.4 Å². The summed E-state index contributed by atoms with van der Waals surface area (Å²) in [6, 6.07) is 0. The second-order valence-electron chi connectivity index (χ2n) is 6.61. The quantitative estimate of drug-likeness (QED) is 0.431.